The van der Waals surface area contributed by atoms with E-state index < -0.39 is 10.1 Å². The number of hydrogen-bond donors (Lipinski definition) is 0. The normalized spacial score (nSPS) is 12.9. The fraction of sp³-hybridized carbons (Fsp3) is 0.769. The Kier molecular flexibility index (Phi) is 16.1. The van der Waals surface area contributed by atoms with E-state index >= 15 is 0 Å². The minimum atomic E-state index is -3.65. The molecule has 0 heterocycles. The molecular weight excluding hydrogens is 392 g/mol. The zero-order chi connectivity index (χ0) is 21.9. The summed E-state index contributed by atoms with van der Waals surface area (Å²) in [6.07, 6.45) is 21.0. The van der Waals surface area contributed by atoms with Crippen LogP contribution in [0.25, 0.3) is 0 Å². The van der Waals surface area contributed by atoms with E-state index in [0.29, 0.717) is 0 Å². The van der Waals surface area contributed by atoms with Crippen LogP contribution in [0, 0.1) is 0 Å². The molecule has 0 amide bonds. The Hall–Kier alpha value is -0.870. The van der Waals surface area contributed by atoms with Gasteiger partial charge in [0.1, 0.15) is 0 Å². The van der Waals surface area contributed by atoms with Crippen LogP contribution in [0.2, 0.25) is 0 Å². The molecule has 0 saturated carbocycles. The SMILES string of the molecule is CCCCCCCCCCCCCCCCC(CCC)OS(=O)(=O)c1ccccc1. The largest absolute Gasteiger partial charge is 0.297 e. The van der Waals surface area contributed by atoms with Gasteiger partial charge < -0.3 is 0 Å². The van der Waals surface area contributed by atoms with E-state index in [2.05, 4.69) is 13.8 Å². The fourth-order valence-corrected chi connectivity index (χ4v) is 5.10. The van der Waals surface area contributed by atoms with E-state index in [0.717, 1.165) is 25.7 Å². The Bertz CT molecular complexity index is 598. The molecule has 0 spiro atoms. The monoisotopic (exact) mass is 438 g/mol. The first-order valence-electron chi connectivity index (χ1n) is 12.6. The van der Waals surface area contributed by atoms with Gasteiger partial charge in [-0.3, -0.25) is 4.18 Å². The molecule has 0 fully saturated rings. The first-order valence-corrected chi connectivity index (χ1v) is 14.0. The maximum Gasteiger partial charge on any atom is 0.297 e. The van der Waals surface area contributed by atoms with Crippen LogP contribution in [0.4, 0.5) is 0 Å². The van der Waals surface area contributed by atoms with Gasteiger partial charge in [0.2, 0.25) is 0 Å². The molecule has 0 aliphatic rings. The van der Waals surface area contributed by atoms with Crippen LogP contribution < -0.4 is 0 Å². The number of unbranched alkanes of at least 4 members (excludes halogenated alkanes) is 13. The molecule has 0 aliphatic carbocycles. The van der Waals surface area contributed by atoms with E-state index in [9.17, 15) is 8.42 Å². The molecule has 1 aromatic rings. The van der Waals surface area contributed by atoms with Gasteiger partial charge >= 0.3 is 0 Å². The standard InChI is InChI=1S/C26H46O3S/c1-3-5-6-7-8-9-10-11-12-13-14-15-16-18-22-25(21-4-2)29-30(27,28)26-23-19-17-20-24-26/h17,19-20,23-25H,3-16,18,21-22H2,1-2H3. The second-order valence-corrected chi connectivity index (χ2v) is 10.2. The van der Waals surface area contributed by atoms with Crippen molar-refractivity contribution in [1.82, 2.24) is 0 Å². The quantitative estimate of drug-likeness (QED) is 0.151. The molecule has 30 heavy (non-hydrogen) atoms. The average molecular weight is 439 g/mol. The van der Waals surface area contributed by atoms with Crippen molar-refractivity contribution in [1.29, 1.82) is 0 Å². The van der Waals surface area contributed by atoms with Crippen LogP contribution >= 0.6 is 0 Å². The number of hydrogen-bond acceptors (Lipinski definition) is 3. The van der Waals surface area contributed by atoms with Gasteiger partial charge in [-0.25, -0.2) is 0 Å². The van der Waals surface area contributed by atoms with Crippen LogP contribution in [0.1, 0.15) is 123 Å². The molecule has 0 bridgehead atoms. The van der Waals surface area contributed by atoms with Gasteiger partial charge in [-0.1, -0.05) is 128 Å². The van der Waals surface area contributed by atoms with Crippen molar-refractivity contribution in [3.63, 3.8) is 0 Å². The smallest absolute Gasteiger partial charge is 0.263 e. The Morgan fingerprint density at radius 3 is 1.57 bits per heavy atom. The summed E-state index contributed by atoms with van der Waals surface area (Å²) < 4.78 is 30.4. The molecule has 3 nitrogen and oxygen atoms in total. The third-order valence-electron chi connectivity index (χ3n) is 5.78. The Balaban J connectivity index is 2.07. The van der Waals surface area contributed by atoms with Crippen LogP contribution in [-0.2, 0) is 14.3 Å². The van der Waals surface area contributed by atoms with Crippen molar-refractivity contribution in [2.24, 2.45) is 0 Å². The lowest BCUT2D eigenvalue weighted by Gasteiger charge is -2.17. The molecule has 0 N–H and O–H groups in total. The van der Waals surface area contributed by atoms with Crippen molar-refractivity contribution in [3.8, 4) is 0 Å². The molecular formula is C26H46O3S. The van der Waals surface area contributed by atoms with Crippen molar-refractivity contribution >= 4 is 10.1 Å². The molecule has 1 atom stereocenters. The van der Waals surface area contributed by atoms with Crippen LogP contribution in [-0.4, -0.2) is 14.5 Å². The summed E-state index contributed by atoms with van der Waals surface area (Å²) in [6.45, 7) is 4.35. The second-order valence-electron chi connectivity index (χ2n) is 8.66. The maximum absolute atomic E-state index is 12.4. The zero-order valence-electron chi connectivity index (χ0n) is 19.6. The summed E-state index contributed by atoms with van der Waals surface area (Å²) in [6, 6.07) is 8.49. The summed E-state index contributed by atoms with van der Waals surface area (Å²) in [7, 11) is -3.65. The molecule has 0 radical (unpaired) electrons. The van der Waals surface area contributed by atoms with Crippen molar-refractivity contribution in [2.45, 2.75) is 134 Å². The van der Waals surface area contributed by atoms with Crippen molar-refractivity contribution < 1.29 is 12.6 Å². The predicted octanol–water partition coefficient (Wildman–Crippen LogP) is 8.43. The number of benzene rings is 1. The van der Waals surface area contributed by atoms with E-state index in [-0.39, 0.29) is 11.0 Å². The van der Waals surface area contributed by atoms with E-state index in [4.69, 9.17) is 4.18 Å². The lowest BCUT2D eigenvalue weighted by atomic mass is 10.0. The highest BCUT2D eigenvalue weighted by molar-refractivity contribution is 7.86. The molecule has 1 unspecified atom stereocenters. The first kappa shape index (κ1) is 27.2. The van der Waals surface area contributed by atoms with Gasteiger partial charge in [0.25, 0.3) is 10.1 Å². The Morgan fingerprint density at radius 1 is 0.633 bits per heavy atom. The van der Waals surface area contributed by atoms with E-state index in [1.165, 1.54) is 83.5 Å². The summed E-state index contributed by atoms with van der Waals surface area (Å²) in [5, 5.41) is 0. The van der Waals surface area contributed by atoms with Crippen LogP contribution in [0.15, 0.2) is 35.2 Å². The van der Waals surface area contributed by atoms with Crippen molar-refractivity contribution in [3.05, 3.63) is 30.3 Å². The second kappa shape index (κ2) is 17.8. The van der Waals surface area contributed by atoms with Gasteiger partial charge in [-0.05, 0) is 25.0 Å². The van der Waals surface area contributed by atoms with Gasteiger partial charge in [-0.15, -0.1) is 0 Å². The summed E-state index contributed by atoms with van der Waals surface area (Å²) >= 11 is 0. The molecule has 174 valence electrons. The molecule has 0 aliphatic heterocycles. The lowest BCUT2D eigenvalue weighted by molar-refractivity contribution is 0.183. The summed E-state index contributed by atoms with van der Waals surface area (Å²) in [5.41, 5.74) is 0. The van der Waals surface area contributed by atoms with E-state index in [1.807, 2.05) is 6.07 Å². The van der Waals surface area contributed by atoms with Crippen LogP contribution in [0.3, 0.4) is 0 Å². The lowest BCUT2D eigenvalue weighted by Crippen LogP contribution is -2.18. The highest BCUT2D eigenvalue weighted by Crippen LogP contribution is 2.20. The van der Waals surface area contributed by atoms with Gasteiger partial charge in [-0.2, -0.15) is 8.42 Å². The van der Waals surface area contributed by atoms with Gasteiger partial charge in [0, 0.05) is 0 Å². The third kappa shape index (κ3) is 13.4. The Labute approximate surface area is 187 Å². The predicted molar refractivity (Wildman–Crippen MR) is 128 cm³/mol. The third-order valence-corrected chi connectivity index (χ3v) is 7.16. The summed E-state index contributed by atoms with van der Waals surface area (Å²) in [5.74, 6) is 0. The minimum absolute atomic E-state index is 0.197. The van der Waals surface area contributed by atoms with Gasteiger partial charge in [0.15, 0.2) is 0 Å². The molecule has 0 aromatic heterocycles. The highest BCUT2D eigenvalue weighted by Gasteiger charge is 2.20. The minimum Gasteiger partial charge on any atom is -0.263 e. The molecule has 4 heteroatoms. The maximum atomic E-state index is 12.4. The topological polar surface area (TPSA) is 43.4 Å². The van der Waals surface area contributed by atoms with Crippen molar-refractivity contribution in [2.75, 3.05) is 0 Å². The van der Waals surface area contributed by atoms with Crippen LogP contribution in [0.5, 0.6) is 0 Å². The molecule has 1 rings (SSSR count). The molecule has 0 saturated heterocycles. The first-order chi connectivity index (χ1) is 14.6. The summed E-state index contributed by atoms with van der Waals surface area (Å²) in [4.78, 5) is 0.257. The fourth-order valence-electron chi connectivity index (χ4n) is 3.95. The highest BCUT2D eigenvalue weighted by atomic mass is 32.2. The molecule has 1 aromatic carbocycles. The number of rotatable bonds is 20. The Morgan fingerprint density at radius 2 is 1.10 bits per heavy atom. The van der Waals surface area contributed by atoms with E-state index in [1.54, 1.807) is 24.3 Å². The average Bonchev–Trinajstić information content (AvgIpc) is 2.74. The zero-order valence-corrected chi connectivity index (χ0v) is 20.4. The van der Waals surface area contributed by atoms with Gasteiger partial charge in [0.05, 0.1) is 11.0 Å².